The first-order chi connectivity index (χ1) is 18.6. The summed E-state index contributed by atoms with van der Waals surface area (Å²) in [5, 5.41) is 9.05. The molecule has 0 amide bonds. The van der Waals surface area contributed by atoms with Crippen LogP contribution in [-0.4, -0.2) is 56.6 Å². The number of ether oxygens (including phenoxy) is 2. The van der Waals surface area contributed by atoms with E-state index in [1.807, 2.05) is 24.4 Å². The number of hydrogen-bond donors (Lipinski definition) is 1. The van der Waals surface area contributed by atoms with Gasteiger partial charge in [-0.3, -0.25) is 14.8 Å². The number of hydrogen-bond acceptors (Lipinski definition) is 9. The zero-order valence-corrected chi connectivity index (χ0v) is 21.1. The van der Waals surface area contributed by atoms with Crippen molar-refractivity contribution in [1.29, 1.82) is 0 Å². The van der Waals surface area contributed by atoms with Crippen molar-refractivity contribution >= 4 is 23.3 Å². The number of aliphatic imine (C=N–C) groups is 1. The summed E-state index contributed by atoms with van der Waals surface area (Å²) in [6.45, 7) is 1.56. The number of aliphatic carboxylic acids is 1. The maximum atomic E-state index is 11.0. The molecule has 1 N–H and O–H groups in total. The van der Waals surface area contributed by atoms with Crippen LogP contribution in [0.1, 0.15) is 61.4 Å². The van der Waals surface area contributed by atoms with Gasteiger partial charge in [0.1, 0.15) is 12.2 Å². The van der Waals surface area contributed by atoms with E-state index >= 15 is 0 Å². The molecule has 3 aromatic heterocycles. The van der Waals surface area contributed by atoms with E-state index in [9.17, 15) is 4.79 Å². The Morgan fingerprint density at radius 3 is 2.76 bits per heavy atom. The minimum atomic E-state index is -0.702. The smallest absolute Gasteiger partial charge is 0.321 e. The van der Waals surface area contributed by atoms with E-state index in [-0.39, 0.29) is 18.3 Å². The van der Waals surface area contributed by atoms with Gasteiger partial charge in [0.2, 0.25) is 5.88 Å². The van der Waals surface area contributed by atoms with Crippen LogP contribution < -0.4 is 14.4 Å². The Hall–Kier alpha value is -4.08. The van der Waals surface area contributed by atoms with Crippen LogP contribution in [0.25, 0.3) is 0 Å². The molecular weight excluding hydrogens is 484 g/mol. The van der Waals surface area contributed by atoms with Crippen molar-refractivity contribution in [3.63, 3.8) is 0 Å². The minimum absolute atomic E-state index is 0.269. The molecule has 0 aromatic carbocycles. The highest BCUT2D eigenvalue weighted by Crippen LogP contribution is 2.40. The second kappa shape index (κ2) is 10.7. The standard InChI is InChI=1S/C28H30N6O4/c35-23(36)16-18-6-8-19(9-7-18)22-11-10-21(17-30-22)34-13-15-37-27-24-25(31-26(24)34)32-28(33-27)38-14-3-5-20-4-1-2-12-29-20/h1-2,4,10-12,17-19H,3,5-9,13-16H2,(H,35,36)/t18-,19+. The fraction of sp³-hybridized carbons (Fsp3) is 0.429. The topological polar surface area (TPSA) is 123 Å². The van der Waals surface area contributed by atoms with Crippen molar-refractivity contribution in [2.75, 3.05) is 24.7 Å². The van der Waals surface area contributed by atoms with Gasteiger partial charge < -0.3 is 19.5 Å². The van der Waals surface area contributed by atoms with Crippen LogP contribution >= 0.6 is 0 Å². The summed E-state index contributed by atoms with van der Waals surface area (Å²) in [6, 6.07) is 10.3. The van der Waals surface area contributed by atoms with Crippen LogP contribution in [0, 0.1) is 5.92 Å². The van der Waals surface area contributed by atoms with E-state index < -0.39 is 5.97 Å². The third-order valence-corrected chi connectivity index (χ3v) is 7.43. The number of rotatable bonds is 9. The molecule has 1 aliphatic carbocycles. The number of pyridine rings is 2. The molecule has 38 heavy (non-hydrogen) atoms. The highest BCUT2D eigenvalue weighted by atomic mass is 16.5. The third-order valence-electron chi connectivity index (χ3n) is 7.43. The summed E-state index contributed by atoms with van der Waals surface area (Å²) in [6.07, 6.45) is 9.43. The molecule has 2 aliphatic heterocycles. The number of aryl methyl sites for hydroxylation is 1. The van der Waals surface area contributed by atoms with Gasteiger partial charge in [0.05, 0.1) is 25.0 Å². The molecule has 1 saturated carbocycles. The number of carboxylic acids is 1. The number of carboxylic acid groups (broad SMARTS) is 1. The molecule has 5 heterocycles. The first kappa shape index (κ1) is 24.3. The van der Waals surface area contributed by atoms with Crippen molar-refractivity contribution in [2.24, 2.45) is 10.9 Å². The van der Waals surface area contributed by atoms with Crippen LogP contribution in [-0.2, 0) is 11.2 Å². The highest BCUT2D eigenvalue weighted by molar-refractivity contribution is 6.20. The van der Waals surface area contributed by atoms with Crippen molar-refractivity contribution in [3.8, 4) is 11.9 Å². The molecule has 196 valence electrons. The molecule has 1 fully saturated rings. The molecule has 3 aromatic rings. The van der Waals surface area contributed by atoms with Gasteiger partial charge in [-0.05, 0) is 68.7 Å². The van der Waals surface area contributed by atoms with Crippen molar-refractivity contribution in [3.05, 3.63) is 59.7 Å². The Morgan fingerprint density at radius 2 is 2.00 bits per heavy atom. The Morgan fingerprint density at radius 1 is 1.11 bits per heavy atom. The van der Waals surface area contributed by atoms with Crippen LogP contribution in [0.5, 0.6) is 11.9 Å². The zero-order chi connectivity index (χ0) is 25.9. The predicted molar refractivity (Wildman–Crippen MR) is 140 cm³/mol. The summed E-state index contributed by atoms with van der Waals surface area (Å²) in [4.78, 5) is 35.8. The first-order valence-electron chi connectivity index (χ1n) is 13.3. The maximum absolute atomic E-state index is 11.0. The summed E-state index contributed by atoms with van der Waals surface area (Å²) < 4.78 is 11.8. The SMILES string of the molecule is O=C(O)C[C@H]1CC[C@@H](c2ccc(N3CCOc4nc(OCCCc5ccccn5)nc5c4C3=N5)cn2)CC1. The minimum Gasteiger partial charge on any atom is -0.481 e. The van der Waals surface area contributed by atoms with Crippen LogP contribution in [0.2, 0.25) is 0 Å². The van der Waals surface area contributed by atoms with Crippen LogP contribution in [0.15, 0.2) is 47.7 Å². The van der Waals surface area contributed by atoms with Gasteiger partial charge in [0, 0.05) is 29.9 Å². The number of carbonyl (C=O) groups is 1. The van der Waals surface area contributed by atoms with Crippen LogP contribution in [0.4, 0.5) is 11.5 Å². The highest BCUT2D eigenvalue weighted by Gasteiger charge is 2.35. The van der Waals surface area contributed by atoms with Crippen molar-refractivity contribution in [1.82, 2.24) is 19.9 Å². The Kier molecular flexibility index (Phi) is 6.85. The van der Waals surface area contributed by atoms with E-state index in [1.165, 1.54) is 0 Å². The second-order valence-electron chi connectivity index (χ2n) is 9.98. The first-order valence-corrected chi connectivity index (χ1v) is 13.3. The number of aromatic nitrogens is 4. The Balaban J connectivity index is 1.08. The lowest BCUT2D eigenvalue weighted by Gasteiger charge is -2.29. The van der Waals surface area contributed by atoms with Gasteiger partial charge in [-0.15, -0.1) is 0 Å². The van der Waals surface area contributed by atoms with Crippen molar-refractivity contribution < 1.29 is 19.4 Å². The Bertz CT molecular complexity index is 1320. The average molecular weight is 515 g/mol. The van der Waals surface area contributed by atoms with Gasteiger partial charge in [-0.25, -0.2) is 4.99 Å². The monoisotopic (exact) mass is 514 g/mol. The molecule has 0 radical (unpaired) electrons. The summed E-state index contributed by atoms with van der Waals surface area (Å²) in [7, 11) is 0. The number of nitrogens with zero attached hydrogens (tertiary/aromatic N) is 6. The van der Waals surface area contributed by atoms with E-state index in [1.54, 1.807) is 6.20 Å². The van der Waals surface area contributed by atoms with Gasteiger partial charge in [0.25, 0.3) is 0 Å². The molecule has 0 bridgehead atoms. The summed E-state index contributed by atoms with van der Waals surface area (Å²) >= 11 is 0. The third kappa shape index (κ3) is 5.16. The average Bonchev–Trinajstić information content (AvgIpc) is 3.08. The fourth-order valence-electron chi connectivity index (χ4n) is 5.42. The molecule has 0 saturated heterocycles. The molecule has 0 unspecified atom stereocenters. The lowest BCUT2D eigenvalue weighted by molar-refractivity contribution is -0.138. The normalized spacial score (nSPS) is 19.9. The van der Waals surface area contributed by atoms with E-state index in [2.05, 4.69) is 37.0 Å². The van der Waals surface area contributed by atoms with Crippen LogP contribution in [0.3, 0.4) is 0 Å². The van der Waals surface area contributed by atoms with E-state index in [0.717, 1.165) is 67.0 Å². The lowest BCUT2D eigenvalue weighted by atomic mass is 9.79. The molecule has 10 heteroatoms. The van der Waals surface area contributed by atoms with E-state index in [4.69, 9.17) is 19.6 Å². The summed E-state index contributed by atoms with van der Waals surface area (Å²) in [5.41, 5.74) is 3.86. The zero-order valence-electron chi connectivity index (χ0n) is 21.1. The number of anilines is 1. The largest absolute Gasteiger partial charge is 0.481 e. The van der Waals surface area contributed by atoms with Gasteiger partial charge in [-0.1, -0.05) is 6.07 Å². The quantitative estimate of drug-likeness (QED) is 0.416. The predicted octanol–water partition coefficient (Wildman–Crippen LogP) is 4.32. The van der Waals surface area contributed by atoms with Gasteiger partial charge in [-0.2, -0.15) is 9.97 Å². The Labute approximate surface area is 220 Å². The molecule has 10 nitrogen and oxygen atoms in total. The fourth-order valence-corrected chi connectivity index (χ4v) is 5.42. The van der Waals surface area contributed by atoms with E-state index in [0.29, 0.717) is 37.4 Å². The lowest BCUT2D eigenvalue weighted by Crippen LogP contribution is -2.36. The maximum Gasteiger partial charge on any atom is 0.321 e. The molecule has 3 aliphatic rings. The van der Waals surface area contributed by atoms with Gasteiger partial charge in [0.15, 0.2) is 11.7 Å². The number of amidine groups is 1. The molecule has 0 atom stereocenters. The summed E-state index contributed by atoms with van der Waals surface area (Å²) in [5.74, 6) is 1.84. The van der Waals surface area contributed by atoms with Crippen molar-refractivity contribution in [2.45, 2.75) is 50.9 Å². The van der Waals surface area contributed by atoms with Gasteiger partial charge >= 0.3 is 12.0 Å². The molecule has 6 rings (SSSR count). The second-order valence-corrected chi connectivity index (χ2v) is 9.98. The molecular formula is C28H30N6O4. The molecule has 0 spiro atoms.